The van der Waals surface area contributed by atoms with Gasteiger partial charge in [-0.15, -0.1) is 0 Å². The lowest BCUT2D eigenvalue weighted by Crippen LogP contribution is -2.20. The lowest BCUT2D eigenvalue weighted by molar-refractivity contribution is 0.512. The van der Waals surface area contributed by atoms with Crippen molar-refractivity contribution in [2.45, 2.75) is 26.3 Å². The molecule has 1 atom stereocenters. The summed E-state index contributed by atoms with van der Waals surface area (Å²) in [7, 11) is 1.80. The van der Waals surface area contributed by atoms with Gasteiger partial charge in [0.2, 0.25) is 0 Å². The maximum absolute atomic E-state index is 14.1. The van der Waals surface area contributed by atoms with E-state index in [9.17, 15) is 8.78 Å². The van der Waals surface area contributed by atoms with Gasteiger partial charge in [-0.2, -0.15) is 0 Å². The lowest BCUT2D eigenvalue weighted by Gasteiger charge is -2.19. The molecule has 21 heavy (non-hydrogen) atoms. The quantitative estimate of drug-likeness (QED) is 0.775. The van der Waals surface area contributed by atoms with Crippen LogP contribution in [-0.4, -0.2) is 7.05 Å². The number of halogens is 3. The minimum atomic E-state index is -0.528. The molecule has 0 heterocycles. The van der Waals surface area contributed by atoms with Crippen LogP contribution in [0, 0.1) is 25.5 Å². The maximum Gasteiger partial charge on any atom is 0.143 e. The fraction of sp³-hybridized carbons (Fsp3) is 0.294. The minimum absolute atomic E-state index is 0.0999. The lowest BCUT2D eigenvalue weighted by atomic mass is 9.95. The van der Waals surface area contributed by atoms with Gasteiger partial charge in [0.1, 0.15) is 11.6 Å². The zero-order chi connectivity index (χ0) is 15.6. The topological polar surface area (TPSA) is 12.0 Å². The molecule has 0 saturated heterocycles. The Hall–Kier alpha value is -1.26. The molecule has 1 N–H and O–H groups in total. The summed E-state index contributed by atoms with van der Waals surface area (Å²) in [6.45, 7) is 4.03. The monoisotopic (exact) mass is 353 g/mol. The van der Waals surface area contributed by atoms with Crippen molar-refractivity contribution >= 4 is 15.9 Å². The molecule has 0 saturated carbocycles. The molecule has 112 valence electrons. The van der Waals surface area contributed by atoms with Crippen molar-refractivity contribution in [3.8, 4) is 0 Å². The van der Waals surface area contributed by atoms with E-state index in [1.165, 1.54) is 12.1 Å². The van der Waals surface area contributed by atoms with Crippen LogP contribution < -0.4 is 5.32 Å². The highest BCUT2D eigenvalue weighted by Gasteiger charge is 2.18. The van der Waals surface area contributed by atoms with Gasteiger partial charge in [-0.05, 0) is 60.9 Å². The second-order valence-corrected chi connectivity index (χ2v) is 6.14. The summed E-state index contributed by atoms with van der Waals surface area (Å²) in [6.07, 6.45) is 0.260. The Balaban J connectivity index is 2.38. The van der Waals surface area contributed by atoms with Crippen LogP contribution >= 0.6 is 15.9 Å². The molecule has 0 amide bonds. The summed E-state index contributed by atoms with van der Waals surface area (Å²) < 4.78 is 28.3. The molecule has 0 aliphatic carbocycles. The normalized spacial score (nSPS) is 12.5. The first kappa shape index (κ1) is 16.1. The number of rotatable bonds is 4. The van der Waals surface area contributed by atoms with Crippen molar-refractivity contribution in [3.63, 3.8) is 0 Å². The Morgan fingerprint density at radius 3 is 2.29 bits per heavy atom. The largest absolute Gasteiger partial charge is 0.313 e. The van der Waals surface area contributed by atoms with E-state index < -0.39 is 11.6 Å². The number of hydrogen-bond donors (Lipinski definition) is 1. The van der Waals surface area contributed by atoms with Crippen LogP contribution in [0.2, 0.25) is 0 Å². The van der Waals surface area contributed by atoms with Crippen LogP contribution in [0.5, 0.6) is 0 Å². The first-order chi connectivity index (χ1) is 9.92. The Labute approximate surface area is 132 Å². The molecule has 0 aliphatic rings. The predicted octanol–water partition coefficient (Wildman–Crippen LogP) is 4.85. The van der Waals surface area contributed by atoms with Crippen LogP contribution in [0.4, 0.5) is 8.78 Å². The third kappa shape index (κ3) is 3.69. The van der Waals surface area contributed by atoms with E-state index in [0.29, 0.717) is 0 Å². The van der Waals surface area contributed by atoms with Crippen molar-refractivity contribution in [3.05, 3.63) is 68.7 Å². The van der Waals surface area contributed by atoms with Crippen LogP contribution in [0.25, 0.3) is 0 Å². The van der Waals surface area contributed by atoms with Crippen LogP contribution in [0.15, 0.2) is 34.8 Å². The van der Waals surface area contributed by atoms with Gasteiger partial charge in [-0.1, -0.05) is 29.3 Å². The highest BCUT2D eigenvalue weighted by Crippen LogP contribution is 2.27. The Morgan fingerprint density at radius 1 is 1.10 bits per heavy atom. The molecule has 1 nitrogen and oxygen atoms in total. The van der Waals surface area contributed by atoms with Gasteiger partial charge in [0.15, 0.2) is 0 Å². The number of likely N-dealkylation sites (N-methyl/N-ethyl adjacent to an activating group) is 1. The maximum atomic E-state index is 14.1. The van der Waals surface area contributed by atoms with E-state index in [1.807, 2.05) is 26.0 Å². The van der Waals surface area contributed by atoms with Crippen LogP contribution in [0.1, 0.15) is 28.3 Å². The minimum Gasteiger partial charge on any atom is -0.313 e. The molecule has 2 rings (SSSR count). The number of benzene rings is 2. The Bertz CT molecular complexity index is 635. The van der Waals surface area contributed by atoms with Crippen molar-refractivity contribution in [2.75, 3.05) is 7.05 Å². The molecule has 2 aromatic rings. The summed E-state index contributed by atoms with van der Waals surface area (Å²) in [5.41, 5.74) is 3.41. The molecular formula is C17H18BrF2N. The van der Waals surface area contributed by atoms with Gasteiger partial charge in [-0.25, -0.2) is 8.78 Å². The highest BCUT2D eigenvalue weighted by atomic mass is 79.9. The third-order valence-corrected chi connectivity index (χ3v) is 4.15. The van der Waals surface area contributed by atoms with Crippen LogP contribution in [-0.2, 0) is 6.42 Å². The molecule has 0 aliphatic heterocycles. The first-order valence-electron chi connectivity index (χ1n) is 6.80. The molecule has 0 bridgehead atoms. The molecule has 0 radical (unpaired) electrons. The second-order valence-electron chi connectivity index (χ2n) is 5.29. The fourth-order valence-electron chi connectivity index (χ4n) is 2.56. The zero-order valence-electron chi connectivity index (χ0n) is 12.3. The molecular weight excluding hydrogens is 336 g/mol. The molecule has 4 heteroatoms. The summed E-state index contributed by atoms with van der Waals surface area (Å²) >= 11 is 3.11. The first-order valence-corrected chi connectivity index (χ1v) is 7.59. The van der Waals surface area contributed by atoms with E-state index in [0.717, 1.165) is 16.7 Å². The SMILES string of the molecule is CNC(Cc1c(F)ccc(Br)c1F)c1cc(C)cc(C)c1. The van der Waals surface area contributed by atoms with Crippen molar-refractivity contribution in [1.82, 2.24) is 5.32 Å². The smallest absolute Gasteiger partial charge is 0.143 e. The van der Waals surface area contributed by atoms with E-state index in [2.05, 4.69) is 27.3 Å². The average molecular weight is 354 g/mol. The van der Waals surface area contributed by atoms with Crippen molar-refractivity contribution < 1.29 is 8.78 Å². The molecule has 1 unspecified atom stereocenters. The summed E-state index contributed by atoms with van der Waals surface area (Å²) in [6, 6.07) is 8.71. The fourth-order valence-corrected chi connectivity index (χ4v) is 2.93. The van der Waals surface area contributed by atoms with Crippen LogP contribution in [0.3, 0.4) is 0 Å². The van der Waals surface area contributed by atoms with Gasteiger partial charge < -0.3 is 5.32 Å². The van der Waals surface area contributed by atoms with Gasteiger partial charge in [0.05, 0.1) is 4.47 Å². The molecule has 0 spiro atoms. The summed E-state index contributed by atoms with van der Waals surface area (Å²) in [5, 5.41) is 3.15. The van der Waals surface area contributed by atoms with Gasteiger partial charge in [0, 0.05) is 11.6 Å². The van der Waals surface area contributed by atoms with Crippen molar-refractivity contribution in [2.24, 2.45) is 0 Å². The molecule has 0 aromatic heterocycles. The zero-order valence-corrected chi connectivity index (χ0v) is 13.9. The standard InChI is InChI=1S/C17H18BrF2N/c1-10-6-11(2)8-12(7-10)16(21-3)9-13-15(19)5-4-14(18)17(13)20/h4-8,16,21H,9H2,1-3H3. The molecule has 0 fully saturated rings. The Kier molecular flexibility index (Phi) is 5.12. The average Bonchev–Trinajstić information content (AvgIpc) is 2.42. The van der Waals surface area contributed by atoms with E-state index >= 15 is 0 Å². The summed E-state index contributed by atoms with van der Waals surface area (Å²) in [5.74, 6) is -1.04. The van der Waals surface area contributed by atoms with Crippen molar-refractivity contribution in [1.29, 1.82) is 0 Å². The van der Waals surface area contributed by atoms with E-state index in [-0.39, 0.29) is 22.5 Å². The third-order valence-electron chi connectivity index (χ3n) is 3.54. The second kappa shape index (κ2) is 6.67. The number of nitrogens with one attached hydrogen (secondary N) is 1. The highest BCUT2D eigenvalue weighted by molar-refractivity contribution is 9.10. The van der Waals surface area contributed by atoms with E-state index in [1.54, 1.807) is 7.05 Å². The molecule has 2 aromatic carbocycles. The summed E-state index contributed by atoms with van der Waals surface area (Å²) in [4.78, 5) is 0. The number of hydrogen-bond acceptors (Lipinski definition) is 1. The van der Waals surface area contributed by atoms with Gasteiger partial charge >= 0.3 is 0 Å². The Morgan fingerprint density at radius 2 is 1.71 bits per heavy atom. The number of aryl methyl sites for hydroxylation is 2. The van der Waals surface area contributed by atoms with E-state index in [4.69, 9.17) is 0 Å². The van der Waals surface area contributed by atoms with Gasteiger partial charge in [-0.3, -0.25) is 0 Å². The van der Waals surface area contributed by atoms with Gasteiger partial charge in [0.25, 0.3) is 0 Å². The predicted molar refractivity (Wildman–Crippen MR) is 85.5 cm³/mol.